The van der Waals surface area contributed by atoms with Crippen LogP contribution >= 0.6 is 0 Å². The molecule has 0 saturated heterocycles. The van der Waals surface area contributed by atoms with Crippen LogP contribution < -0.4 is 0 Å². The van der Waals surface area contributed by atoms with Crippen LogP contribution in [0.15, 0.2) is 18.2 Å². The molecule has 0 radical (unpaired) electrons. The maximum absolute atomic E-state index is 12.9. The molecule has 0 aromatic heterocycles. The number of ketones is 1. The Labute approximate surface area is 73.2 Å². The standard InChI is InChI=1S/C9H7F3O/c1-5(13)7-3-2-6(9(11)12)4-8(7)10/h2-4,9H,1H3. The molecule has 1 rings (SSSR count). The van der Waals surface area contributed by atoms with Gasteiger partial charge in [0.1, 0.15) is 5.82 Å². The monoisotopic (exact) mass is 188 g/mol. The zero-order valence-corrected chi connectivity index (χ0v) is 6.85. The molecule has 0 aliphatic heterocycles. The zero-order valence-electron chi connectivity index (χ0n) is 6.85. The van der Waals surface area contributed by atoms with Gasteiger partial charge in [-0.25, -0.2) is 13.2 Å². The van der Waals surface area contributed by atoms with Crippen molar-refractivity contribution in [2.24, 2.45) is 0 Å². The Bertz CT molecular complexity index is 334. The predicted molar refractivity (Wildman–Crippen MR) is 41.4 cm³/mol. The normalized spacial score (nSPS) is 10.5. The van der Waals surface area contributed by atoms with Crippen molar-refractivity contribution in [3.8, 4) is 0 Å². The maximum atomic E-state index is 12.9. The number of rotatable bonds is 2. The number of hydrogen-bond donors (Lipinski definition) is 0. The third kappa shape index (κ3) is 2.08. The van der Waals surface area contributed by atoms with Gasteiger partial charge in [0.2, 0.25) is 0 Å². The second-order valence-electron chi connectivity index (χ2n) is 2.60. The van der Waals surface area contributed by atoms with E-state index in [1.165, 1.54) is 6.92 Å². The average Bonchev–Trinajstić information content (AvgIpc) is 2.03. The summed E-state index contributed by atoms with van der Waals surface area (Å²) in [6.07, 6.45) is -2.71. The molecule has 0 aliphatic carbocycles. The summed E-state index contributed by atoms with van der Waals surface area (Å²) in [5.74, 6) is -1.37. The lowest BCUT2D eigenvalue weighted by atomic mass is 10.1. The quantitative estimate of drug-likeness (QED) is 0.652. The van der Waals surface area contributed by atoms with E-state index in [1.807, 2.05) is 0 Å². The molecule has 0 N–H and O–H groups in total. The van der Waals surface area contributed by atoms with E-state index in [9.17, 15) is 18.0 Å². The molecule has 0 atom stereocenters. The van der Waals surface area contributed by atoms with E-state index in [0.717, 1.165) is 12.1 Å². The summed E-state index contributed by atoms with van der Waals surface area (Å²) in [5.41, 5.74) is -0.577. The van der Waals surface area contributed by atoms with Crippen molar-refractivity contribution >= 4 is 5.78 Å². The molecule has 0 amide bonds. The minimum atomic E-state index is -2.71. The van der Waals surface area contributed by atoms with Crippen molar-refractivity contribution in [1.82, 2.24) is 0 Å². The highest BCUT2D eigenvalue weighted by atomic mass is 19.3. The van der Waals surface area contributed by atoms with E-state index in [-0.39, 0.29) is 5.56 Å². The van der Waals surface area contributed by atoms with Gasteiger partial charge in [0.05, 0.1) is 5.56 Å². The Morgan fingerprint density at radius 3 is 2.38 bits per heavy atom. The van der Waals surface area contributed by atoms with Crippen LogP contribution in [0.5, 0.6) is 0 Å². The van der Waals surface area contributed by atoms with Gasteiger partial charge in [-0.05, 0) is 19.1 Å². The van der Waals surface area contributed by atoms with Gasteiger partial charge in [-0.2, -0.15) is 0 Å². The van der Waals surface area contributed by atoms with Crippen LogP contribution in [0.3, 0.4) is 0 Å². The first-order valence-corrected chi connectivity index (χ1v) is 3.61. The molecule has 0 aliphatic rings. The first-order valence-electron chi connectivity index (χ1n) is 3.61. The number of Topliss-reactive ketones (excluding diaryl/α,β-unsaturated/α-hetero) is 1. The fraction of sp³-hybridized carbons (Fsp3) is 0.222. The second-order valence-corrected chi connectivity index (χ2v) is 2.60. The van der Waals surface area contributed by atoms with Crippen molar-refractivity contribution in [1.29, 1.82) is 0 Å². The molecule has 70 valence electrons. The molecule has 1 aromatic rings. The number of benzene rings is 1. The van der Waals surface area contributed by atoms with Crippen LogP contribution in [0.2, 0.25) is 0 Å². The summed E-state index contributed by atoms with van der Waals surface area (Å²) < 4.78 is 37.0. The predicted octanol–water partition coefficient (Wildman–Crippen LogP) is 2.97. The summed E-state index contributed by atoms with van der Waals surface area (Å²) in [7, 11) is 0. The molecule has 0 spiro atoms. The summed E-state index contributed by atoms with van der Waals surface area (Å²) in [5, 5.41) is 0. The lowest BCUT2D eigenvalue weighted by Gasteiger charge is -2.02. The molecule has 0 fully saturated rings. The lowest BCUT2D eigenvalue weighted by Crippen LogP contribution is -1.98. The molecule has 0 unspecified atom stereocenters. The average molecular weight is 188 g/mol. The zero-order chi connectivity index (χ0) is 10.0. The van der Waals surface area contributed by atoms with Gasteiger partial charge in [0, 0.05) is 5.56 Å². The topological polar surface area (TPSA) is 17.1 Å². The highest BCUT2D eigenvalue weighted by Crippen LogP contribution is 2.21. The van der Waals surface area contributed by atoms with Crippen LogP contribution in [0.1, 0.15) is 29.3 Å². The fourth-order valence-electron chi connectivity index (χ4n) is 0.953. The van der Waals surface area contributed by atoms with Crippen molar-refractivity contribution in [3.63, 3.8) is 0 Å². The van der Waals surface area contributed by atoms with Crippen LogP contribution in [-0.2, 0) is 0 Å². The molecule has 1 aromatic carbocycles. The molecule has 0 saturated carbocycles. The Hall–Kier alpha value is -1.32. The van der Waals surface area contributed by atoms with Crippen LogP contribution in [0, 0.1) is 5.82 Å². The van der Waals surface area contributed by atoms with E-state index < -0.39 is 23.6 Å². The van der Waals surface area contributed by atoms with E-state index >= 15 is 0 Å². The van der Waals surface area contributed by atoms with Gasteiger partial charge in [-0.15, -0.1) is 0 Å². The van der Waals surface area contributed by atoms with E-state index in [4.69, 9.17) is 0 Å². The van der Waals surface area contributed by atoms with Crippen LogP contribution in [0.4, 0.5) is 13.2 Å². The van der Waals surface area contributed by atoms with Crippen LogP contribution in [-0.4, -0.2) is 5.78 Å². The molecule has 1 nitrogen and oxygen atoms in total. The second kappa shape index (κ2) is 3.60. The molecule has 13 heavy (non-hydrogen) atoms. The van der Waals surface area contributed by atoms with Gasteiger partial charge < -0.3 is 0 Å². The maximum Gasteiger partial charge on any atom is 0.263 e. The number of carbonyl (C=O) groups is 1. The smallest absolute Gasteiger partial charge is 0.263 e. The third-order valence-electron chi connectivity index (χ3n) is 1.62. The third-order valence-corrected chi connectivity index (χ3v) is 1.62. The number of carbonyl (C=O) groups excluding carboxylic acids is 1. The van der Waals surface area contributed by atoms with Crippen LogP contribution in [0.25, 0.3) is 0 Å². The summed E-state index contributed by atoms with van der Waals surface area (Å²) in [6, 6.07) is 2.80. The van der Waals surface area contributed by atoms with Gasteiger partial charge in [0.15, 0.2) is 5.78 Å². The molecule has 0 heterocycles. The van der Waals surface area contributed by atoms with E-state index in [2.05, 4.69) is 0 Å². The van der Waals surface area contributed by atoms with Crippen molar-refractivity contribution in [3.05, 3.63) is 35.1 Å². The summed E-state index contributed by atoms with van der Waals surface area (Å²) in [4.78, 5) is 10.7. The minimum absolute atomic E-state index is 0.163. The number of halogens is 3. The first-order chi connectivity index (χ1) is 6.02. The minimum Gasteiger partial charge on any atom is -0.294 e. The number of alkyl halides is 2. The van der Waals surface area contributed by atoms with Crippen molar-refractivity contribution in [2.45, 2.75) is 13.3 Å². The highest BCUT2D eigenvalue weighted by molar-refractivity contribution is 5.94. The Morgan fingerprint density at radius 2 is 2.00 bits per heavy atom. The summed E-state index contributed by atoms with van der Waals surface area (Å²) in [6.45, 7) is 1.18. The van der Waals surface area contributed by atoms with Gasteiger partial charge in [-0.3, -0.25) is 4.79 Å². The Kier molecular flexibility index (Phi) is 2.70. The van der Waals surface area contributed by atoms with Gasteiger partial charge in [-0.1, -0.05) is 6.07 Å². The fourth-order valence-corrected chi connectivity index (χ4v) is 0.953. The molecular formula is C9H7F3O. The first kappa shape index (κ1) is 9.77. The van der Waals surface area contributed by atoms with E-state index in [1.54, 1.807) is 0 Å². The lowest BCUT2D eigenvalue weighted by molar-refractivity contribution is 0.101. The Morgan fingerprint density at radius 1 is 1.38 bits per heavy atom. The molecular weight excluding hydrogens is 181 g/mol. The Balaban J connectivity index is 3.13. The van der Waals surface area contributed by atoms with Gasteiger partial charge >= 0.3 is 0 Å². The SMILES string of the molecule is CC(=O)c1ccc(C(F)F)cc1F. The van der Waals surface area contributed by atoms with Crippen molar-refractivity contribution < 1.29 is 18.0 Å². The van der Waals surface area contributed by atoms with Crippen molar-refractivity contribution in [2.75, 3.05) is 0 Å². The summed E-state index contributed by atoms with van der Waals surface area (Å²) >= 11 is 0. The number of hydrogen-bond acceptors (Lipinski definition) is 1. The highest BCUT2D eigenvalue weighted by Gasteiger charge is 2.12. The van der Waals surface area contributed by atoms with Gasteiger partial charge in [0.25, 0.3) is 6.43 Å². The van der Waals surface area contributed by atoms with E-state index in [0.29, 0.717) is 6.07 Å². The molecule has 4 heteroatoms. The largest absolute Gasteiger partial charge is 0.294 e. The molecule has 0 bridgehead atoms.